The minimum absolute atomic E-state index is 0.0427. The van der Waals surface area contributed by atoms with Crippen LogP contribution in [0.15, 0.2) is 18.3 Å². The van der Waals surface area contributed by atoms with Crippen LogP contribution in [0.5, 0.6) is 0 Å². The van der Waals surface area contributed by atoms with Gasteiger partial charge in [-0.05, 0) is 12.1 Å². The highest BCUT2D eigenvalue weighted by molar-refractivity contribution is 6.32. The fraction of sp³-hybridized carbons (Fsp3) is 0.333. The highest BCUT2D eigenvalue weighted by atomic mass is 35.5. The van der Waals surface area contributed by atoms with Gasteiger partial charge in [-0.3, -0.25) is 4.79 Å². The van der Waals surface area contributed by atoms with Gasteiger partial charge in [-0.2, -0.15) is 0 Å². The van der Waals surface area contributed by atoms with Gasteiger partial charge in [0.25, 0.3) is 0 Å². The van der Waals surface area contributed by atoms with E-state index in [1.54, 1.807) is 18.3 Å². The summed E-state index contributed by atoms with van der Waals surface area (Å²) in [5, 5.41) is 6.25. The molecule has 14 heavy (non-hydrogen) atoms. The van der Waals surface area contributed by atoms with Crippen molar-refractivity contribution in [1.29, 1.82) is 0 Å². The van der Waals surface area contributed by atoms with Crippen LogP contribution in [0, 0.1) is 0 Å². The second kappa shape index (κ2) is 5.44. The van der Waals surface area contributed by atoms with Crippen molar-refractivity contribution in [2.75, 3.05) is 18.4 Å². The van der Waals surface area contributed by atoms with Crippen LogP contribution in [0.2, 0.25) is 5.02 Å². The number of halogens is 1. The molecule has 0 aromatic carbocycles. The first-order chi connectivity index (χ1) is 6.70. The minimum Gasteiger partial charge on any atom is -0.367 e. The lowest BCUT2D eigenvalue weighted by molar-refractivity contribution is -0.118. The predicted octanol–water partition coefficient (Wildman–Crippen LogP) is 1.28. The quantitative estimate of drug-likeness (QED) is 0.741. The first-order valence-electron chi connectivity index (χ1n) is 4.29. The molecule has 0 radical (unpaired) electrons. The number of anilines is 1. The van der Waals surface area contributed by atoms with Gasteiger partial charge in [0.05, 0.1) is 5.02 Å². The average Bonchev–Trinajstić information content (AvgIpc) is 2.15. The number of hydrogen-bond donors (Lipinski definition) is 2. The normalized spacial score (nSPS) is 9.57. The second-order valence-electron chi connectivity index (χ2n) is 2.74. The molecule has 0 aliphatic carbocycles. The molecule has 0 spiro atoms. The van der Waals surface area contributed by atoms with Crippen molar-refractivity contribution >= 4 is 23.3 Å². The first-order valence-corrected chi connectivity index (χ1v) is 4.67. The number of hydrogen-bond acceptors (Lipinski definition) is 3. The third-order valence-electron chi connectivity index (χ3n) is 1.55. The number of aromatic nitrogens is 1. The Hall–Kier alpha value is -1.29. The summed E-state index contributed by atoms with van der Waals surface area (Å²) in [6.45, 7) is 2.65. The molecule has 0 fully saturated rings. The molecule has 1 heterocycles. The van der Waals surface area contributed by atoms with E-state index >= 15 is 0 Å². The molecule has 1 amide bonds. The smallest absolute Gasteiger partial charge is 0.216 e. The zero-order valence-corrected chi connectivity index (χ0v) is 8.64. The van der Waals surface area contributed by atoms with Gasteiger partial charge in [0.1, 0.15) is 5.82 Å². The number of amides is 1. The molecule has 0 unspecified atom stereocenters. The molecule has 1 aromatic heterocycles. The van der Waals surface area contributed by atoms with E-state index in [-0.39, 0.29) is 5.91 Å². The van der Waals surface area contributed by atoms with Crippen LogP contribution >= 0.6 is 11.6 Å². The van der Waals surface area contributed by atoms with Crippen molar-refractivity contribution in [3.8, 4) is 0 Å². The van der Waals surface area contributed by atoms with E-state index in [0.717, 1.165) is 0 Å². The zero-order chi connectivity index (χ0) is 10.4. The molecule has 5 heteroatoms. The van der Waals surface area contributed by atoms with Gasteiger partial charge in [0.2, 0.25) is 5.91 Å². The molecule has 0 aliphatic rings. The summed E-state index contributed by atoms with van der Waals surface area (Å²) in [6.07, 6.45) is 1.66. The molecule has 0 bridgehead atoms. The van der Waals surface area contributed by atoms with Crippen molar-refractivity contribution in [3.63, 3.8) is 0 Å². The van der Waals surface area contributed by atoms with Gasteiger partial charge in [-0.25, -0.2) is 4.98 Å². The summed E-state index contributed by atoms with van der Waals surface area (Å²) in [4.78, 5) is 14.6. The van der Waals surface area contributed by atoms with Gasteiger partial charge < -0.3 is 10.6 Å². The number of carbonyl (C=O) groups is 1. The van der Waals surface area contributed by atoms with Crippen LogP contribution in [0.25, 0.3) is 0 Å². The van der Waals surface area contributed by atoms with Crippen LogP contribution in [0.3, 0.4) is 0 Å². The van der Waals surface area contributed by atoms with E-state index in [1.807, 2.05) is 0 Å². The standard InChI is InChI=1S/C9H12ClN3O/c1-7(14)11-5-6-13-9-8(10)3-2-4-12-9/h2-4H,5-6H2,1H3,(H,11,14)(H,12,13). The maximum absolute atomic E-state index is 10.5. The van der Waals surface area contributed by atoms with E-state index in [2.05, 4.69) is 15.6 Å². The molecule has 0 aliphatic heterocycles. The van der Waals surface area contributed by atoms with Gasteiger partial charge in [-0.15, -0.1) is 0 Å². The lowest BCUT2D eigenvalue weighted by Gasteiger charge is -2.06. The number of rotatable bonds is 4. The number of nitrogens with one attached hydrogen (secondary N) is 2. The summed E-state index contributed by atoms with van der Waals surface area (Å²) in [5.74, 6) is 0.596. The maximum Gasteiger partial charge on any atom is 0.216 e. The van der Waals surface area contributed by atoms with E-state index in [0.29, 0.717) is 23.9 Å². The summed E-state index contributed by atoms with van der Waals surface area (Å²) < 4.78 is 0. The maximum atomic E-state index is 10.5. The fourth-order valence-corrected chi connectivity index (χ4v) is 1.12. The van der Waals surface area contributed by atoms with Crippen molar-refractivity contribution in [3.05, 3.63) is 23.4 Å². The van der Waals surface area contributed by atoms with Crippen LogP contribution in [-0.2, 0) is 4.79 Å². The van der Waals surface area contributed by atoms with E-state index in [4.69, 9.17) is 11.6 Å². The van der Waals surface area contributed by atoms with E-state index in [9.17, 15) is 4.79 Å². The Morgan fingerprint density at radius 2 is 2.36 bits per heavy atom. The summed E-state index contributed by atoms with van der Waals surface area (Å²) in [7, 11) is 0. The van der Waals surface area contributed by atoms with Crippen LogP contribution in [-0.4, -0.2) is 24.0 Å². The van der Waals surface area contributed by atoms with Crippen LogP contribution in [0.1, 0.15) is 6.92 Å². The van der Waals surface area contributed by atoms with Crippen LogP contribution in [0.4, 0.5) is 5.82 Å². The Morgan fingerprint density at radius 1 is 1.57 bits per heavy atom. The predicted molar refractivity (Wildman–Crippen MR) is 56.4 cm³/mol. The third-order valence-corrected chi connectivity index (χ3v) is 1.85. The summed E-state index contributed by atoms with van der Waals surface area (Å²) in [5.41, 5.74) is 0. The van der Waals surface area contributed by atoms with Gasteiger partial charge in [-0.1, -0.05) is 11.6 Å². The Balaban J connectivity index is 2.31. The van der Waals surface area contributed by atoms with Crippen LogP contribution < -0.4 is 10.6 Å². The Bertz CT molecular complexity index is 317. The fourth-order valence-electron chi connectivity index (χ4n) is 0.935. The number of nitrogens with zero attached hydrogens (tertiary/aromatic N) is 1. The number of pyridine rings is 1. The third kappa shape index (κ3) is 3.62. The molecule has 0 atom stereocenters. The number of carbonyl (C=O) groups excluding carboxylic acids is 1. The van der Waals surface area contributed by atoms with E-state index < -0.39 is 0 Å². The molecular formula is C9H12ClN3O. The lowest BCUT2D eigenvalue weighted by atomic mass is 10.4. The molecule has 2 N–H and O–H groups in total. The van der Waals surface area contributed by atoms with Crippen molar-refractivity contribution < 1.29 is 4.79 Å². The first kappa shape index (κ1) is 10.8. The molecule has 1 aromatic rings. The largest absolute Gasteiger partial charge is 0.367 e. The highest BCUT2D eigenvalue weighted by Crippen LogP contribution is 2.16. The topological polar surface area (TPSA) is 54.0 Å². The van der Waals surface area contributed by atoms with Crippen molar-refractivity contribution in [2.45, 2.75) is 6.92 Å². The molecular weight excluding hydrogens is 202 g/mol. The Morgan fingerprint density at radius 3 is 3.00 bits per heavy atom. The van der Waals surface area contributed by atoms with E-state index in [1.165, 1.54) is 6.92 Å². The monoisotopic (exact) mass is 213 g/mol. The highest BCUT2D eigenvalue weighted by Gasteiger charge is 1.98. The molecule has 4 nitrogen and oxygen atoms in total. The molecule has 1 rings (SSSR count). The lowest BCUT2D eigenvalue weighted by Crippen LogP contribution is -2.26. The summed E-state index contributed by atoms with van der Waals surface area (Å²) in [6, 6.07) is 3.52. The van der Waals surface area contributed by atoms with Gasteiger partial charge in [0, 0.05) is 26.2 Å². The SMILES string of the molecule is CC(=O)NCCNc1ncccc1Cl. The second-order valence-corrected chi connectivity index (χ2v) is 3.15. The summed E-state index contributed by atoms with van der Waals surface area (Å²) >= 11 is 5.85. The minimum atomic E-state index is -0.0427. The Kier molecular flexibility index (Phi) is 4.19. The Labute approximate surface area is 87.7 Å². The average molecular weight is 214 g/mol. The zero-order valence-electron chi connectivity index (χ0n) is 7.88. The molecule has 76 valence electrons. The van der Waals surface area contributed by atoms with Gasteiger partial charge in [0.15, 0.2) is 0 Å². The van der Waals surface area contributed by atoms with Gasteiger partial charge >= 0.3 is 0 Å². The van der Waals surface area contributed by atoms with Crippen molar-refractivity contribution in [2.24, 2.45) is 0 Å². The van der Waals surface area contributed by atoms with Crippen molar-refractivity contribution in [1.82, 2.24) is 10.3 Å². The molecule has 0 saturated heterocycles. The molecule has 0 saturated carbocycles.